The molecule has 0 bridgehead atoms. The second-order valence-electron chi connectivity index (χ2n) is 8.84. The second kappa shape index (κ2) is 9.16. The fourth-order valence-electron chi connectivity index (χ4n) is 4.72. The minimum absolute atomic E-state index is 0.140. The van der Waals surface area contributed by atoms with Crippen LogP contribution in [0.15, 0.2) is 120 Å². The number of rotatable bonds is 5. The van der Waals surface area contributed by atoms with E-state index < -0.39 is 0 Å². The Bertz CT molecular complexity index is 1660. The summed E-state index contributed by atoms with van der Waals surface area (Å²) < 4.78 is 6.11. The number of benzene rings is 4. The molecule has 0 fully saturated rings. The molecule has 0 radical (unpaired) electrons. The van der Waals surface area contributed by atoms with Gasteiger partial charge in [-0.2, -0.15) is 0 Å². The van der Waals surface area contributed by atoms with Crippen LogP contribution in [0.4, 0.5) is 0 Å². The molecular weight excluding hydrogens is 444 g/mol. The Kier molecular flexibility index (Phi) is 5.55. The smallest absolute Gasteiger partial charge is 0.231 e. The molecule has 6 rings (SSSR count). The predicted octanol–water partition coefficient (Wildman–Crippen LogP) is 8.08. The van der Waals surface area contributed by atoms with Crippen molar-refractivity contribution < 1.29 is 9.52 Å². The first kappa shape index (κ1) is 21.8. The molecule has 4 nitrogen and oxygen atoms in total. The van der Waals surface area contributed by atoms with Gasteiger partial charge in [-0.15, -0.1) is 0 Å². The van der Waals surface area contributed by atoms with Crippen molar-refractivity contribution in [3.05, 3.63) is 127 Å². The Morgan fingerprint density at radius 3 is 2.31 bits per heavy atom. The molecule has 0 aliphatic heterocycles. The molecule has 0 spiro atoms. The van der Waals surface area contributed by atoms with Crippen LogP contribution in [-0.4, -0.2) is 15.1 Å². The van der Waals surface area contributed by atoms with Gasteiger partial charge in [0.05, 0.1) is 11.3 Å². The van der Waals surface area contributed by atoms with Gasteiger partial charge in [0.2, 0.25) is 5.89 Å². The van der Waals surface area contributed by atoms with Crippen LogP contribution in [0.2, 0.25) is 0 Å². The van der Waals surface area contributed by atoms with E-state index in [-0.39, 0.29) is 11.7 Å². The summed E-state index contributed by atoms with van der Waals surface area (Å²) in [6.45, 7) is 2.23. The summed E-state index contributed by atoms with van der Waals surface area (Å²) in [4.78, 5) is 9.42. The zero-order valence-corrected chi connectivity index (χ0v) is 19.8. The van der Waals surface area contributed by atoms with Gasteiger partial charge in [0.25, 0.3) is 0 Å². The van der Waals surface area contributed by atoms with Gasteiger partial charge >= 0.3 is 0 Å². The van der Waals surface area contributed by atoms with E-state index in [4.69, 9.17) is 9.40 Å². The molecule has 1 atom stereocenters. The van der Waals surface area contributed by atoms with Crippen molar-refractivity contribution in [1.29, 1.82) is 0 Å². The van der Waals surface area contributed by atoms with Crippen LogP contribution in [0.25, 0.3) is 44.9 Å². The van der Waals surface area contributed by atoms with Crippen molar-refractivity contribution in [2.75, 3.05) is 0 Å². The molecule has 2 heterocycles. The average molecular weight is 469 g/mol. The highest BCUT2D eigenvalue weighted by Crippen LogP contribution is 2.40. The lowest BCUT2D eigenvalue weighted by Gasteiger charge is -2.19. The number of oxazole rings is 1. The van der Waals surface area contributed by atoms with Gasteiger partial charge < -0.3 is 9.52 Å². The molecule has 1 unspecified atom stereocenters. The lowest BCUT2D eigenvalue weighted by Crippen LogP contribution is -2.00. The number of pyridine rings is 1. The van der Waals surface area contributed by atoms with Crippen molar-refractivity contribution in [1.82, 2.24) is 9.97 Å². The second-order valence-corrected chi connectivity index (χ2v) is 8.84. The van der Waals surface area contributed by atoms with Crippen LogP contribution < -0.4 is 0 Å². The van der Waals surface area contributed by atoms with E-state index in [0.29, 0.717) is 17.0 Å². The van der Waals surface area contributed by atoms with E-state index in [9.17, 15) is 5.11 Å². The molecule has 0 amide bonds. The number of nitrogens with zero attached hydrogens (tertiary/aromatic N) is 2. The highest BCUT2D eigenvalue weighted by Gasteiger charge is 2.20. The molecule has 4 aromatic carbocycles. The molecule has 0 aliphatic rings. The van der Waals surface area contributed by atoms with Gasteiger partial charge in [-0.3, -0.25) is 4.98 Å². The Morgan fingerprint density at radius 2 is 1.50 bits per heavy atom. The minimum atomic E-state index is 0.140. The molecule has 0 aliphatic carbocycles. The Balaban J connectivity index is 1.57. The van der Waals surface area contributed by atoms with Gasteiger partial charge in [-0.1, -0.05) is 79.7 Å². The van der Waals surface area contributed by atoms with Gasteiger partial charge in [-0.25, -0.2) is 4.98 Å². The number of aromatic hydroxyl groups is 1. The minimum Gasteiger partial charge on any atom is -0.507 e. The van der Waals surface area contributed by atoms with Gasteiger partial charge in [-0.05, 0) is 53.1 Å². The maximum absolute atomic E-state index is 10.4. The Hall–Kier alpha value is -4.70. The zero-order valence-electron chi connectivity index (χ0n) is 19.8. The summed E-state index contributed by atoms with van der Waals surface area (Å²) in [5.41, 5.74) is 8.45. The highest BCUT2D eigenvalue weighted by atomic mass is 16.3. The summed E-state index contributed by atoms with van der Waals surface area (Å²) in [5.74, 6) is 0.703. The zero-order chi connectivity index (χ0) is 24.5. The van der Waals surface area contributed by atoms with Gasteiger partial charge in [0, 0.05) is 23.2 Å². The van der Waals surface area contributed by atoms with E-state index in [2.05, 4.69) is 60.4 Å². The van der Waals surface area contributed by atoms with Crippen molar-refractivity contribution in [2.45, 2.75) is 12.8 Å². The highest BCUT2D eigenvalue weighted by molar-refractivity contribution is 5.94. The first-order chi connectivity index (χ1) is 17.7. The maximum Gasteiger partial charge on any atom is 0.231 e. The molecule has 0 saturated carbocycles. The fourth-order valence-corrected chi connectivity index (χ4v) is 4.72. The van der Waals surface area contributed by atoms with E-state index in [1.54, 1.807) is 12.1 Å². The number of aromatic nitrogens is 2. The number of phenolic OH excluding ortho intramolecular Hbond substituents is 1. The van der Waals surface area contributed by atoms with Crippen LogP contribution in [0, 0.1) is 0 Å². The summed E-state index contributed by atoms with van der Waals surface area (Å²) in [5, 5.41) is 10.4. The number of para-hydroxylation sites is 2. The van der Waals surface area contributed by atoms with Crippen molar-refractivity contribution >= 4 is 11.1 Å². The molecule has 1 N–H and O–H groups in total. The molecule has 36 heavy (non-hydrogen) atoms. The molecule has 4 heteroatoms. The van der Waals surface area contributed by atoms with Crippen molar-refractivity contribution in [3.63, 3.8) is 0 Å². The van der Waals surface area contributed by atoms with Crippen LogP contribution in [0.5, 0.6) is 5.75 Å². The third-order valence-electron chi connectivity index (χ3n) is 6.62. The predicted molar refractivity (Wildman–Crippen MR) is 144 cm³/mol. The van der Waals surface area contributed by atoms with E-state index in [1.165, 1.54) is 11.1 Å². The van der Waals surface area contributed by atoms with E-state index in [1.807, 2.05) is 54.7 Å². The molecule has 2 aromatic heterocycles. The Morgan fingerprint density at radius 1 is 0.722 bits per heavy atom. The van der Waals surface area contributed by atoms with Gasteiger partial charge in [0.15, 0.2) is 5.58 Å². The number of fused-ring (bicyclic) bond motifs is 1. The maximum atomic E-state index is 10.4. The molecule has 174 valence electrons. The Labute approximate surface area is 209 Å². The number of hydrogen-bond acceptors (Lipinski definition) is 4. The lowest BCUT2D eigenvalue weighted by molar-refractivity contribution is 0.474. The molecular formula is C32H24N2O2. The average Bonchev–Trinajstić information content (AvgIpc) is 3.38. The van der Waals surface area contributed by atoms with Crippen LogP contribution in [-0.2, 0) is 0 Å². The standard InChI is InChI=1S/C32H24N2O2/c1-21(22-10-3-2-4-11-22)24-18-17-23(28-14-7-8-19-33-28)20-27(24)25-13-9-16-30-31(25)34-32(36-30)26-12-5-6-15-29(26)35/h2-21,35H,1H3. The van der Waals surface area contributed by atoms with Gasteiger partial charge in [0.1, 0.15) is 11.3 Å². The topological polar surface area (TPSA) is 59.2 Å². The van der Waals surface area contributed by atoms with Crippen LogP contribution in [0.1, 0.15) is 24.0 Å². The first-order valence-electron chi connectivity index (χ1n) is 12.0. The van der Waals surface area contributed by atoms with E-state index in [0.717, 1.165) is 27.9 Å². The third-order valence-corrected chi connectivity index (χ3v) is 6.62. The summed E-state index contributed by atoms with van der Waals surface area (Å²) in [6, 6.07) is 36.1. The van der Waals surface area contributed by atoms with Crippen LogP contribution >= 0.6 is 0 Å². The van der Waals surface area contributed by atoms with Crippen molar-refractivity contribution in [3.8, 4) is 39.6 Å². The monoisotopic (exact) mass is 468 g/mol. The largest absolute Gasteiger partial charge is 0.507 e. The quantitative estimate of drug-likeness (QED) is 0.278. The fraction of sp³-hybridized carbons (Fsp3) is 0.0625. The first-order valence-corrected chi connectivity index (χ1v) is 12.0. The van der Waals surface area contributed by atoms with E-state index >= 15 is 0 Å². The number of hydrogen-bond donors (Lipinski definition) is 1. The van der Waals surface area contributed by atoms with Crippen LogP contribution in [0.3, 0.4) is 0 Å². The summed E-state index contributed by atoms with van der Waals surface area (Å²) in [6.07, 6.45) is 1.81. The number of phenols is 1. The third kappa shape index (κ3) is 3.93. The van der Waals surface area contributed by atoms with Crippen molar-refractivity contribution in [2.24, 2.45) is 0 Å². The normalized spacial score (nSPS) is 12.0. The molecule has 0 saturated heterocycles. The summed E-state index contributed by atoms with van der Waals surface area (Å²) in [7, 11) is 0. The summed E-state index contributed by atoms with van der Waals surface area (Å²) >= 11 is 0. The molecule has 6 aromatic rings. The SMILES string of the molecule is CC(c1ccccc1)c1ccc(-c2ccccn2)cc1-c1cccc2oc(-c3ccccc3O)nc12. The lowest BCUT2D eigenvalue weighted by atomic mass is 9.85.